The highest BCUT2D eigenvalue weighted by atomic mass is 16.2. The second-order valence-electron chi connectivity index (χ2n) is 9.26. The quantitative estimate of drug-likeness (QED) is 0.576. The molecule has 0 aliphatic heterocycles. The number of carbonyl (C=O) groups excluding carboxylic acids is 1. The van der Waals surface area contributed by atoms with Gasteiger partial charge in [0.1, 0.15) is 5.39 Å². The van der Waals surface area contributed by atoms with Crippen molar-refractivity contribution in [3.05, 3.63) is 46.4 Å². The predicted octanol–water partition coefficient (Wildman–Crippen LogP) is 4.01. The first kappa shape index (κ1) is 21.1. The Morgan fingerprint density at radius 2 is 2.00 bits per heavy atom. The number of nitrogens with one attached hydrogen (secondary N) is 3. The minimum Gasteiger partial charge on any atom is -0.352 e. The van der Waals surface area contributed by atoms with Crippen LogP contribution in [0.4, 0.5) is 11.6 Å². The molecule has 164 valence electrons. The third-order valence-electron chi connectivity index (χ3n) is 5.70. The van der Waals surface area contributed by atoms with Crippen LogP contribution in [0.3, 0.4) is 0 Å². The summed E-state index contributed by atoms with van der Waals surface area (Å²) in [6.45, 7) is 6.51. The maximum Gasteiger partial charge on any atom is 0.263 e. The Balaban J connectivity index is 1.47. The van der Waals surface area contributed by atoms with Crippen LogP contribution in [0.15, 0.2) is 35.3 Å². The van der Waals surface area contributed by atoms with E-state index in [0.29, 0.717) is 23.5 Å². The van der Waals surface area contributed by atoms with Crippen molar-refractivity contribution >= 4 is 28.6 Å². The molecule has 2 aromatic heterocycles. The number of carbonyl (C=O) groups is 1. The third-order valence-corrected chi connectivity index (χ3v) is 5.70. The lowest BCUT2D eigenvalue weighted by Gasteiger charge is -2.21. The Hall–Kier alpha value is -3.16. The van der Waals surface area contributed by atoms with E-state index >= 15 is 0 Å². The van der Waals surface area contributed by atoms with Crippen LogP contribution in [0.1, 0.15) is 58.4 Å². The first-order valence-electron chi connectivity index (χ1n) is 10.9. The van der Waals surface area contributed by atoms with Crippen LogP contribution in [0, 0.1) is 5.92 Å². The molecule has 1 saturated carbocycles. The molecule has 1 aliphatic rings. The molecule has 3 N–H and O–H groups in total. The molecule has 1 amide bonds. The number of benzene rings is 1. The Morgan fingerprint density at radius 1 is 1.23 bits per heavy atom. The lowest BCUT2D eigenvalue weighted by molar-refractivity contribution is -0.120. The number of amides is 1. The van der Waals surface area contributed by atoms with E-state index in [1.807, 2.05) is 45.0 Å². The summed E-state index contributed by atoms with van der Waals surface area (Å²) in [5.41, 5.74) is 1.81. The summed E-state index contributed by atoms with van der Waals surface area (Å²) < 4.78 is 1.75. The van der Waals surface area contributed by atoms with Gasteiger partial charge in [0.05, 0.1) is 11.7 Å². The number of nitrogens with zero attached hydrogens (tertiary/aromatic N) is 3. The van der Waals surface area contributed by atoms with Crippen molar-refractivity contribution in [1.82, 2.24) is 19.7 Å². The minimum atomic E-state index is -0.287. The summed E-state index contributed by atoms with van der Waals surface area (Å²) in [6.07, 6.45) is 6.98. The fourth-order valence-corrected chi connectivity index (χ4v) is 4.05. The summed E-state index contributed by atoms with van der Waals surface area (Å²) in [5.74, 6) is 0.612. The number of aromatic nitrogens is 4. The Bertz CT molecular complexity index is 1130. The van der Waals surface area contributed by atoms with E-state index in [4.69, 9.17) is 0 Å². The molecule has 0 atom stereocenters. The van der Waals surface area contributed by atoms with Crippen molar-refractivity contribution in [1.29, 1.82) is 0 Å². The standard InChI is InChI=1S/C23H30N6O2/c1-23(2,3)29-19-18(14-25-29)21(31)28-22(27-19)24-13-15-8-7-11-17(12-15)26-20(30)16-9-5-4-6-10-16/h7-8,11-12,14,16H,4-6,9-10,13H2,1-3H3,(H,26,30)(H2,24,27,28,31). The maximum absolute atomic E-state index is 12.5. The highest BCUT2D eigenvalue weighted by Crippen LogP contribution is 2.25. The van der Waals surface area contributed by atoms with Gasteiger partial charge in [-0.1, -0.05) is 31.4 Å². The summed E-state index contributed by atoms with van der Waals surface area (Å²) in [6, 6.07) is 7.74. The average Bonchev–Trinajstić information content (AvgIpc) is 3.18. The third kappa shape index (κ3) is 4.78. The lowest BCUT2D eigenvalue weighted by atomic mass is 9.88. The Kier molecular flexibility index (Phi) is 5.80. The molecule has 4 rings (SSSR count). The van der Waals surface area contributed by atoms with Gasteiger partial charge in [-0.25, -0.2) is 4.68 Å². The van der Waals surface area contributed by atoms with E-state index in [0.717, 1.165) is 36.9 Å². The molecule has 3 aromatic rings. The highest BCUT2D eigenvalue weighted by Gasteiger charge is 2.21. The molecule has 0 bridgehead atoms. The van der Waals surface area contributed by atoms with Crippen LogP contribution in [0.5, 0.6) is 0 Å². The zero-order valence-electron chi connectivity index (χ0n) is 18.4. The van der Waals surface area contributed by atoms with E-state index < -0.39 is 0 Å². The largest absolute Gasteiger partial charge is 0.352 e. The van der Waals surface area contributed by atoms with Gasteiger partial charge in [0.15, 0.2) is 5.65 Å². The molecule has 31 heavy (non-hydrogen) atoms. The van der Waals surface area contributed by atoms with Crippen LogP contribution in [0.2, 0.25) is 0 Å². The molecule has 8 heteroatoms. The fraction of sp³-hybridized carbons (Fsp3) is 0.478. The number of fused-ring (bicyclic) bond motifs is 1. The van der Waals surface area contributed by atoms with Gasteiger partial charge in [0.25, 0.3) is 5.56 Å². The summed E-state index contributed by atoms with van der Waals surface area (Å²) in [7, 11) is 0. The van der Waals surface area contributed by atoms with Gasteiger partial charge in [-0.15, -0.1) is 0 Å². The van der Waals surface area contributed by atoms with Crippen molar-refractivity contribution < 1.29 is 4.79 Å². The van der Waals surface area contributed by atoms with Gasteiger partial charge in [0.2, 0.25) is 11.9 Å². The number of hydrogen-bond acceptors (Lipinski definition) is 5. The SMILES string of the molecule is CC(C)(C)n1ncc2c(=O)[nH]c(NCc3cccc(NC(=O)C4CCCCC4)c3)nc21. The topological polar surface area (TPSA) is 105 Å². The zero-order valence-corrected chi connectivity index (χ0v) is 18.4. The van der Waals surface area contributed by atoms with Crippen LogP contribution in [-0.2, 0) is 16.9 Å². The van der Waals surface area contributed by atoms with Crippen molar-refractivity contribution in [3.8, 4) is 0 Å². The van der Waals surface area contributed by atoms with Crippen molar-refractivity contribution in [2.75, 3.05) is 10.6 Å². The molecule has 0 unspecified atom stereocenters. The fourth-order valence-electron chi connectivity index (χ4n) is 4.05. The van der Waals surface area contributed by atoms with E-state index in [2.05, 4.69) is 25.7 Å². The minimum absolute atomic E-state index is 0.108. The smallest absolute Gasteiger partial charge is 0.263 e. The Labute approximate surface area is 181 Å². The second kappa shape index (κ2) is 8.53. The lowest BCUT2D eigenvalue weighted by Crippen LogP contribution is -2.24. The maximum atomic E-state index is 12.5. The number of hydrogen-bond donors (Lipinski definition) is 3. The van der Waals surface area contributed by atoms with Crippen molar-refractivity contribution in [2.45, 2.75) is 65.0 Å². The molecule has 2 heterocycles. The first-order chi connectivity index (χ1) is 14.8. The number of rotatable bonds is 5. The molecule has 8 nitrogen and oxygen atoms in total. The van der Waals surface area contributed by atoms with Crippen LogP contribution in [-0.4, -0.2) is 25.7 Å². The number of aromatic amines is 1. The summed E-state index contributed by atoms with van der Waals surface area (Å²) in [4.78, 5) is 32.3. The van der Waals surface area contributed by atoms with Gasteiger partial charge in [0, 0.05) is 18.2 Å². The van der Waals surface area contributed by atoms with Crippen molar-refractivity contribution in [3.63, 3.8) is 0 Å². The number of anilines is 2. The van der Waals surface area contributed by atoms with Gasteiger partial charge in [-0.3, -0.25) is 14.6 Å². The summed E-state index contributed by atoms with van der Waals surface area (Å²) >= 11 is 0. The van der Waals surface area contributed by atoms with Gasteiger partial charge in [-0.2, -0.15) is 10.1 Å². The molecule has 1 aliphatic carbocycles. The van der Waals surface area contributed by atoms with Crippen molar-refractivity contribution in [2.24, 2.45) is 5.92 Å². The van der Waals surface area contributed by atoms with E-state index in [1.165, 1.54) is 6.42 Å². The summed E-state index contributed by atoms with van der Waals surface area (Å²) in [5, 5.41) is 11.0. The van der Waals surface area contributed by atoms with E-state index in [9.17, 15) is 9.59 Å². The van der Waals surface area contributed by atoms with Crippen LogP contribution in [0.25, 0.3) is 11.0 Å². The Morgan fingerprint density at radius 3 is 2.74 bits per heavy atom. The van der Waals surface area contributed by atoms with Gasteiger partial charge >= 0.3 is 0 Å². The number of H-pyrrole nitrogens is 1. The molecule has 0 radical (unpaired) electrons. The van der Waals surface area contributed by atoms with Crippen LogP contribution < -0.4 is 16.2 Å². The molecule has 1 fully saturated rings. The molecule has 1 aromatic carbocycles. The van der Waals surface area contributed by atoms with E-state index in [-0.39, 0.29) is 22.9 Å². The molecular formula is C23H30N6O2. The van der Waals surface area contributed by atoms with Gasteiger partial charge in [-0.05, 0) is 51.3 Å². The van der Waals surface area contributed by atoms with Gasteiger partial charge < -0.3 is 10.6 Å². The normalized spacial score (nSPS) is 15.2. The van der Waals surface area contributed by atoms with Crippen LogP contribution >= 0.6 is 0 Å². The molecule has 0 saturated heterocycles. The second-order valence-corrected chi connectivity index (χ2v) is 9.26. The molecular weight excluding hydrogens is 392 g/mol. The monoisotopic (exact) mass is 422 g/mol. The average molecular weight is 423 g/mol. The van der Waals surface area contributed by atoms with E-state index in [1.54, 1.807) is 10.9 Å². The first-order valence-corrected chi connectivity index (χ1v) is 10.9. The predicted molar refractivity (Wildman–Crippen MR) is 122 cm³/mol. The molecule has 0 spiro atoms. The zero-order chi connectivity index (χ0) is 22.0. The highest BCUT2D eigenvalue weighted by molar-refractivity contribution is 5.92.